The molecule has 1 atom stereocenters. The van der Waals surface area contributed by atoms with Gasteiger partial charge in [-0.3, -0.25) is 4.99 Å². The van der Waals surface area contributed by atoms with Crippen LogP contribution < -0.4 is 5.32 Å². The van der Waals surface area contributed by atoms with E-state index in [2.05, 4.69) is 10.3 Å². The lowest BCUT2D eigenvalue weighted by Gasteiger charge is -2.18. The van der Waals surface area contributed by atoms with Crippen LogP contribution in [0.25, 0.3) is 11.3 Å². The second kappa shape index (κ2) is 8.08. The number of fused-ring (bicyclic) bond motifs is 3. The van der Waals surface area contributed by atoms with Gasteiger partial charge in [0.2, 0.25) is 5.95 Å². The van der Waals surface area contributed by atoms with E-state index < -0.39 is 6.17 Å². The average Bonchev–Trinajstić information content (AvgIpc) is 2.92. The molecular formula is C25H20ClFN4. The van der Waals surface area contributed by atoms with Crippen LogP contribution in [0.4, 0.5) is 16.0 Å². The highest BCUT2D eigenvalue weighted by Gasteiger charge is 2.26. The molecular weight excluding hydrogens is 411 g/mol. The normalized spacial score (nSPS) is 17.2. The van der Waals surface area contributed by atoms with Crippen LogP contribution in [0.1, 0.15) is 23.1 Å². The van der Waals surface area contributed by atoms with Crippen LogP contribution in [0.5, 0.6) is 0 Å². The zero-order valence-electron chi connectivity index (χ0n) is 16.9. The number of allylic oxidation sites excluding steroid dienone is 4. The number of aromatic nitrogens is 2. The van der Waals surface area contributed by atoms with Gasteiger partial charge in [0.15, 0.2) is 0 Å². The first kappa shape index (κ1) is 19.6. The Kier molecular flexibility index (Phi) is 5.12. The standard InChI is InChI=1S/C25H20ClFN4/c1-15-6-9-18(10-7-15)30-25-29-14-16-13-28-24(20-4-2-3-5-22(20)27)21-12-17(26)8-11-19(21)23(16)31-25/h2-4,6-12,14,22H,5,13H2,1H3,(H,29,30,31). The lowest BCUT2D eigenvalue weighted by Crippen LogP contribution is -2.17. The Labute approximate surface area is 185 Å². The van der Waals surface area contributed by atoms with E-state index in [1.54, 1.807) is 12.3 Å². The van der Waals surface area contributed by atoms with Crippen molar-refractivity contribution in [2.24, 2.45) is 4.99 Å². The van der Waals surface area contributed by atoms with Gasteiger partial charge in [-0.1, -0.05) is 53.6 Å². The molecule has 1 aromatic heterocycles. The van der Waals surface area contributed by atoms with Gasteiger partial charge in [-0.05, 0) is 31.2 Å². The zero-order valence-corrected chi connectivity index (χ0v) is 17.7. The van der Waals surface area contributed by atoms with Crippen molar-refractivity contribution >= 4 is 28.9 Å². The third-order valence-electron chi connectivity index (χ3n) is 5.44. The summed E-state index contributed by atoms with van der Waals surface area (Å²) in [6, 6.07) is 13.6. The van der Waals surface area contributed by atoms with E-state index >= 15 is 0 Å². The van der Waals surface area contributed by atoms with Crippen molar-refractivity contribution in [2.75, 3.05) is 5.32 Å². The molecule has 1 unspecified atom stereocenters. The summed E-state index contributed by atoms with van der Waals surface area (Å²) < 4.78 is 14.8. The van der Waals surface area contributed by atoms with Crippen molar-refractivity contribution in [1.82, 2.24) is 9.97 Å². The minimum absolute atomic E-state index is 0.345. The Balaban J connectivity index is 1.60. The van der Waals surface area contributed by atoms with Crippen LogP contribution >= 0.6 is 11.6 Å². The van der Waals surface area contributed by atoms with Crippen molar-refractivity contribution in [3.8, 4) is 11.3 Å². The molecule has 0 bridgehead atoms. The summed E-state index contributed by atoms with van der Waals surface area (Å²) in [4.78, 5) is 14.0. The largest absolute Gasteiger partial charge is 0.324 e. The number of nitrogens with zero attached hydrogens (tertiary/aromatic N) is 3. The van der Waals surface area contributed by atoms with E-state index in [0.29, 0.717) is 35.2 Å². The quantitative estimate of drug-likeness (QED) is 0.524. The maximum absolute atomic E-state index is 14.8. The van der Waals surface area contributed by atoms with Crippen molar-refractivity contribution in [2.45, 2.75) is 26.1 Å². The zero-order chi connectivity index (χ0) is 21.4. The predicted octanol–water partition coefficient (Wildman–Crippen LogP) is 6.38. The van der Waals surface area contributed by atoms with Gasteiger partial charge in [-0.25, -0.2) is 14.4 Å². The van der Waals surface area contributed by atoms with E-state index in [4.69, 9.17) is 21.6 Å². The molecule has 1 aliphatic heterocycles. The van der Waals surface area contributed by atoms with Crippen LogP contribution in [0.15, 0.2) is 77.5 Å². The fourth-order valence-electron chi connectivity index (χ4n) is 3.83. The van der Waals surface area contributed by atoms with E-state index in [0.717, 1.165) is 28.1 Å². The lowest BCUT2D eigenvalue weighted by atomic mass is 9.90. The molecule has 31 heavy (non-hydrogen) atoms. The summed E-state index contributed by atoms with van der Waals surface area (Å²) >= 11 is 6.32. The molecule has 1 N–H and O–H groups in total. The van der Waals surface area contributed by atoms with Crippen molar-refractivity contribution < 1.29 is 4.39 Å². The summed E-state index contributed by atoms with van der Waals surface area (Å²) in [5.41, 5.74) is 6.61. The van der Waals surface area contributed by atoms with Gasteiger partial charge in [0.05, 0.1) is 18.0 Å². The highest BCUT2D eigenvalue weighted by molar-refractivity contribution is 6.31. The lowest BCUT2D eigenvalue weighted by molar-refractivity contribution is 0.392. The molecule has 0 fully saturated rings. The number of hydrogen-bond donors (Lipinski definition) is 1. The van der Waals surface area contributed by atoms with Gasteiger partial charge in [0.1, 0.15) is 6.17 Å². The predicted molar refractivity (Wildman–Crippen MR) is 124 cm³/mol. The van der Waals surface area contributed by atoms with Gasteiger partial charge in [0, 0.05) is 45.6 Å². The number of rotatable bonds is 3. The van der Waals surface area contributed by atoms with E-state index in [1.807, 2.05) is 61.5 Å². The van der Waals surface area contributed by atoms with Crippen molar-refractivity contribution in [3.63, 3.8) is 0 Å². The summed E-state index contributed by atoms with van der Waals surface area (Å²) in [7, 11) is 0. The maximum atomic E-state index is 14.8. The molecule has 0 saturated carbocycles. The molecule has 0 saturated heterocycles. The van der Waals surface area contributed by atoms with Gasteiger partial charge < -0.3 is 5.32 Å². The summed E-state index contributed by atoms with van der Waals surface area (Å²) in [5, 5.41) is 3.83. The fraction of sp³-hybridized carbons (Fsp3) is 0.160. The van der Waals surface area contributed by atoms with Crippen LogP contribution in [0.2, 0.25) is 5.02 Å². The Morgan fingerprint density at radius 2 is 1.94 bits per heavy atom. The first-order valence-electron chi connectivity index (χ1n) is 10.1. The minimum atomic E-state index is -1.10. The number of aryl methyl sites for hydroxylation is 1. The average molecular weight is 431 g/mol. The first-order chi connectivity index (χ1) is 15.1. The van der Waals surface area contributed by atoms with Gasteiger partial charge in [-0.2, -0.15) is 0 Å². The Morgan fingerprint density at radius 3 is 2.74 bits per heavy atom. The van der Waals surface area contributed by atoms with Crippen LogP contribution in [-0.4, -0.2) is 21.9 Å². The van der Waals surface area contributed by atoms with Crippen molar-refractivity contribution in [3.05, 3.63) is 94.2 Å². The number of nitrogens with one attached hydrogen (secondary N) is 1. The highest BCUT2D eigenvalue weighted by Crippen LogP contribution is 2.35. The fourth-order valence-corrected chi connectivity index (χ4v) is 4.00. The monoisotopic (exact) mass is 430 g/mol. The molecule has 154 valence electrons. The number of halogens is 2. The smallest absolute Gasteiger partial charge is 0.227 e. The third kappa shape index (κ3) is 3.89. The Morgan fingerprint density at radius 1 is 1.10 bits per heavy atom. The summed E-state index contributed by atoms with van der Waals surface area (Å²) in [6.07, 6.45) is 6.53. The van der Waals surface area contributed by atoms with Gasteiger partial charge in [0.25, 0.3) is 0 Å². The highest BCUT2D eigenvalue weighted by atomic mass is 35.5. The van der Waals surface area contributed by atoms with Gasteiger partial charge in [-0.15, -0.1) is 0 Å². The number of alkyl halides is 1. The molecule has 3 aromatic rings. The number of benzene rings is 2. The molecule has 0 spiro atoms. The second-order valence-corrected chi connectivity index (χ2v) is 8.10. The molecule has 0 amide bonds. The van der Waals surface area contributed by atoms with Gasteiger partial charge >= 0.3 is 0 Å². The van der Waals surface area contributed by atoms with Crippen LogP contribution in [-0.2, 0) is 6.54 Å². The molecule has 4 nitrogen and oxygen atoms in total. The topological polar surface area (TPSA) is 50.2 Å². The molecule has 1 aliphatic carbocycles. The molecule has 0 radical (unpaired) electrons. The molecule has 2 aliphatic rings. The number of hydrogen-bond acceptors (Lipinski definition) is 4. The van der Waals surface area contributed by atoms with E-state index in [-0.39, 0.29) is 0 Å². The summed E-state index contributed by atoms with van der Waals surface area (Å²) in [5.74, 6) is 0.495. The SMILES string of the molecule is Cc1ccc(Nc2ncc3c(n2)-c2ccc(Cl)cc2C(C2=CC=CCC2F)=NC3)cc1. The molecule has 2 heterocycles. The third-order valence-corrected chi connectivity index (χ3v) is 5.67. The first-order valence-corrected chi connectivity index (χ1v) is 10.5. The van der Waals surface area contributed by atoms with E-state index in [1.165, 1.54) is 5.56 Å². The number of anilines is 2. The number of aliphatic imine (C=N–C) groups is 1. The van der Waals surface area contributed by atoms with Crippen molar-refractivity contribution in [1.29, 1.82) is 0 Å². The van der Waals surface area contributed by atoms with E-state index in [9.17, 15) is 4.39 Å². The Bertz CT molecular complexity index is 1240. The summed E-state index contributed by atoms with van der Waals surface area (Å²) in [6.45, 7) is 2.41. The maximum Gasteiger partial charge on any atom is 0.227 e. The van der Waals surface area contributed by atoms with Crippen LogP contribution in [0.3, 0.4) is 0 Å². The Hall–Kier alpha value is -3.31. The second-order valence-electron chi connectivity index (χ2n) is 7.67. The molecule has 2 aromatic carbocycles. The van der Waals surface area contributed by atoms with Crippen LogP contribution in [0, 0.1) is 6.92 Å². The molecule has 6 heteroatoms. The minimum Gasteiger partial charge on any atom is -0.324 e. The molecule has 5 rings (SSSR count).